The van der Waals surface area contributed by atoms with Gasteiger partial charge in [-0.05, 0) is 6.92 Å². The van der Waals surface area contributed by atoms with Crippen molar-refractivity contribution in [1.29, 1.82) is 0 Å². The normalized spacial score (nSPS) is 10.7. The Balaban J connectivity index is 1.68. The number of hydrogen-bond donors (Lipinski definition) is 1. The number of amides is 1. The van der Waals surface area contributed by atoms with Gasteiger partial charge in [0.15, 0.2) is 5.82 Å². The summed E-state index contributed by atoms with van der Waals surface area (Å²) in [5, 5.41) is 2.90. The number of aromatic nitrogens is 4. The van der Waals surface area contributed by atoms with Crippen LogP contribution in [-0.4, -0.2) is 31.6 Å². The highest BCUT2D eigenvalue weighted by molar-refractivity contribution is 5.90. The zero-order valence-electron chi connectivity index (χ0n) is 13.2. The summed E-state index contributed by atoms with van der Waals surface area (Å²) in [6, 6.07) is 10.0. The average molecular weight is 309 g/mol. The largest absolute Gasteiger partial charge is 0.348 e. The highest BCUT2D eigenvalue weighted by Crippen LogP contribution is 2.18. The summed E-state index contributed by atoms with van der Waals surface area (Å²) in [5.74, 6) is 1.15. The predicted molar refractivity (Wildman–Crippen MR) is 87.9 cm³/mol. The highest BCUT2D eigenvalue weighted by Gasteiger charge is 2.12. The van der Waals surface area contributed by atoms with Gasteiger partial charge in [-0.2, -0.15) is 0 Å². The van der Waals surface area contributed by atoms with E-state index in [4.69, 9.17) is 0 Å². The molecule has 0 saturated heterocycles. The first kappa shape index (κ1) is 15.0. The van der Waals surface area contributed by atoms with Gasteiger partial charge in [0.2, 0.25) is 0 Å². The predicted octanol–water partition coefficient (Wildman–Crippen LogP) is 2.02. The van der Waals surface area contributed by atoms with Crippen molar-refractivity contribution in [2.75, 3.05) is 6.54 Å². The number of nitrogens with one attached hydrogen (secondary N) is 1. The molecule has 1 amide bonds. The van der Waals surface area contributed by atoms with Crippen molar-refractivity contribution in [2.45, 2.75) is 13.5 Å². The molecule has 118 valence electrons. The average Bonchev–Trinajstić information content (AvgIpc) is 3.15. The smallest absolute Gasteiger partial charge is 0.287 e. The SMILES string of the molecule is Cc1cnc(-c2ccccc2)n1CCNC(=O)c1nccn1C. The summed E-state index contributed by atoms with van der Waals surface area (Å²) in [4.78, 5) is 20.6. The van der Waals surface area contributed by atoms with Gasteiger partial charge in [-0.3, -0.25) is 4.79 Å². The molecule has 2 aromatic heterocycles. The minimum absolute atomic E-state index is 0.170. The van der Waals surface area contributed by atoms with Gasteiger partial charge in [-0.15, -0.1) is 0 Å². The number of benzene rings is 1. The molecule has 0 fully saturated rings. The van der Waals surface area contributed by atoms with Gasteiger partial charge in [0, 0.05) is 50.0 Å². The van der Waals surface area contributed by atoms with E-state index in [1.807, 2.05) is 43.5 Å². The Hall–Kier alpha value is -2.89. The number of imidazole rings is 2. The Kier molecular flexibility index (Phi) is 4.23. The van der Waals surface area contributed by atoms with E-state index >= 15 is 0 Å². The Morgan fingerprint density at radius 2 is 2.00 bits per heavy atom. The fraction of sp³-hybridized carbons (Fsp3) is 0.235. The van der Waals surface area contributed by atoms with E-state index in [0.717, 1.165) is 17.1 Å². The monoisotopic (exact) mass is 309 g/mol. The first-order valence-corrected chi connectivity index (χ1v) is 7.50. The topological polar surface area (TPSA) is 64.7 Å². The van der Waals surface area contributed by atoms with Crippen molar-refractivity contribution < 1.29 is 4.79 Å². The molecule has 0 unspecified atom stereocenters. The quantitative estimate of drug-likeness (QED) is 0.784. The molecule has 3 rings (SSSR count). The van der Waals surface area contributed by atoms with E-state index in [1.165, 1.54) is 0 Å². The van der Waals surface area contributed by atoms with E-state index in [9.17, 15) is 4.79 Å². The molecule has 0 atom stereocenters. The number of hydrogen-bond acceptors (Lipinski definition) is 3. The van der Waals surface area contributed by atoms with Crippen LogP contribution < -0.4 is 5.32 Å². The lowest BCUT2D eigenvalue weighted by molar-refractivity contribution is 0.0939. The van der Waals surface area contributed by atoms with Crippen molar-refractivity contribution in [3.63, 3.8) is 0 Å². The van der Waals surface area contributed by atoms with Crippen LogP contribution >= 0.6 is 0 Å². The third kappa shape index (κ3) is 3.15. The van der Waals surface area contributed by atoms with Crippen molar-refractivity contribution in [1.82, 2.24) is 24.4 Å². The summed E-state index contributed by atoms with van der Waals surface area (Å²) in [7, 11) is 1.80. The van der Waals surface area contributed by atoms with E-state index in [-0.39, 0.29) is 5.91 Å². The van der Waals surface area contributed by atoms with Crippen LogP contribution in [0, 0.1) is 6.92 Å². The zero-order chi connectivity index (χ0) is 16.2. The second-order valence-corrected chi connectivity index (χ2v) is 5.36. The molecule has 0 bridgehead atoms. The fourth-order valence-corrected chi connectivity index (χ4v) is 2.51. The number of carbonyl (C=O) groups excluding carboxylic acids is 1. The summed E-state index contributed by atoms with van der Waals surface area (Å²) in [6.45, 7) is 3.19. The Labute approximate surface area is 134 Å². The molecule has 0 aliphatic rings. The van der Waals surface area contributed by atoms with Crippen molar-refractivity contribution in [3.8, 4) is 11.4 Å². The minimum atomic E-state index is -0.170. The van der Waals surface area contributed by atoms with Crippen LogP contribution in [0.15, 0.2) is 48.9 Å². The van der Waals surface area contributed by atoms with Crippen LogP contribution in [0.1, 0.15) is 16.3 Å². The number of nitrogens with zero attached hydrogens (tertiary/aromatic N) is 4. The van der Waals surface area contributed by atoms with Crippen molar-refractivity contribution in [2.24, 2.45) is 7.05 Å². The molecule has 6 heteroatoms. The Morgan fingerprint density at radius 1 is 1.22 bits per heavy atom. The maximum Gasteiger partial charge on any atom is 0.287 e. The zero-order valence-corrected chi connectivity index (χ0v) is 13.2. The van der Waals surface area contributed by atoms with Crippen LogP contribution in [-0.2, 0) is 13.6 Å². The molecular weight excluding hydrogens is 290 g/mol. The van der Waals surface area contributed by atoms with Gasteiger partial charge in [0.05, 0.1) is 0 Å². The lowest BCUT2D eigenvalue weighted by atomic mass is 10.2. The van der Waals surface area contributed by atoms with E-state index in [0.29, 0.717) is 18.9 Å². The minimum Gasteiger partial charge on any atom is -0.348 e. The molecule has 0 aliphatic heterocycles. The number of rotatable bonds is 5. The Morgan fingerprint density at radius 3 is 2.70 bits per heavy atom. The van der Waals surface area contributed by atoms with E-state index in [2.05, 4.69) is 19.9 Å². The van der Waals surface area contributed by atoms with Crippen LogP contribution in [0.2, 0.25) is 0 Å². The maximum absolute atomic E-state index is 12.1. The third-order valence-corrected chi connectivity index (χ3v) is 3.73. The molecule has 0 aliphatic carbocycles. The van der Waals surface area contributed by atoms with Crippen LogP contribution in [0.25, 0.3) is 11.4 Å². The van der Waals surface area contributed by atoms with E-state index in [1.54, 1.807) is 24.0 Å². The Bertz CT molecular complexity index is 804. The lowest BCUT2D eigenvalue weighted by Crippen LogP contribution is -2.29. The standard InChI is InChI=1S/C17H19N5O/c1-13-12-20-15(14-6-4-3-5-7-14)22(13)11-9-19-17(23)16-18-8-10-21(16)2/h3-8,10,12H,9,11H2,1-2H3,(H,19,23). The van der Waals surface area contributed by atoms with Crippen molar-refractivity contribution in [3.05, 3.63) is 60.4 Å². The number of carbonyl (C=O) groups is 1. The first-order valence-electron chi connectivity index (χ1n) is 7.50. The van der Waals surface area contributed by atoms with Crippen molar-refractivity contribution >= 4 is 5.91 Å². The second-order valence-electron chi connectivity index (χ2n) is 5.36. The highest BCUT2D eigenvalue weighted by atomic mass is 16.2. The molecule has 1 aromatic carbocycles. The molecule has 0 radical (unpaired) electrons. The second kappa shape index (κ2) is 6.48. The van der Waals surface area contributed by atoms with Gasteiger partial charge in [-0.1, -0.05) is 30.3 Å². The molecule has 3 aromatic rings. The summed E-state index contributed by atoms with van der Waals surface area (Å²) < 4.78 is 3.81. The summed E-state index contributed by atoms with van der Waals surface area (Å²) in [6.07, 6.45) is 5.22. The molecule has 0 spiro atoms. The molecular formula is C17H19N5O. The first-order chi connectivity index (χ1) is 11.2. The molecule has 2 heterocycles. The molecule has 0 saturated carbocycles. The molecule has 23 heavy (non-hydrogen) atoms. The van der Waals surface area contributed by atoms with Gasteiger partial charge >= 0.3 is 0 Å². The summed E-state index contributed by atoms with van der Waals surface area (Å²) >= 11 is 0. The van der Waals surface area contributed by atoms with Gasteiger partial charge in [0.25, 0.3) is 5.91 Å². The van der Waals surface area contributed by atoms with Gasteiger partial charge in [0.1, 0.15) is 5.82 Å². The third-order valence-electron chi connectivity index (χ3n) is 3.73. The molecule has 1 N–H and O–H groups in total. The summed E-state index contributed by atoms with van der Waals surface area (Å²) in [5.41, 5.74) is 2.13. The van der Waals surface area contributed by atoms with E-state index < -0.39 is 0 Å². The van der Waals surface area contributed by atoms with Gasteiger partial charge < -0.3 is 14.5 Å². The maximum atomic E-state index is 12.1. The van der Waals surface area contributed by atoms with Crippen LogP contribution in [0.5, 0.6) is 0 Å². The fourth-order valence-electron chi connectivity index (χ4n) is 2.51. The van der Waals surface area contributed by atoms with Crippen LogP contribution in [0.4, 0.5) is 0 Å². The van der Waals surface area contributed by atoms with Gasteiger partial charge in [-0.25, -0.2) is 9.97 Å². The number of aryl methyl sites for hydroxylation is 2. The molecule has 6 nitrogen and oxygen atoms in total. The lowest BCUT2D eigenvalue weighted by Gasteiger charge is -2.11. The van der Waals surface area contributed by atoms with Crippen LogP contribution in [0.3, 0.4) is 0 Å².